The van der Waals surface area contributed by atoms with Crippen LogP contribution in [-0.4, -0.2) is 45.0 Å². The summed E-state index contributed by atoms with van der Waals surface area (Å²) in [5, 5.41) is 0.562. The van der Waals surface area contributed by atoms with Gasteiger partial charge in [-0.25, -0.2) is 8.42 Å². The van der Waals surface area contributed by atoms with E-state index in [0.717, 1.165) is 11.1 Å². The zero-order valence-corrected chi connectivity index (χ0v) is 16.9. The molecule has 1 aliphatic heterocycles. The third-order valence-corrected chi connectivity index (χ3v) is 6.78. The summed E-state index contributed by atoms with van der Waals surface area (Å²) in [5.41, 5.74) is 1.63. The van der Waals surface area contributed by atoms with Crippen molar-refractivity contribution in [3.63, 3.8) is 0 Å². The van der Waals surface area contributed by atoms with Gasteiger partial charge < -0.3 is 9.47 Å². The van der Waals surface area contributed by atoms with Gasteiger partial charge in [0, 0.05) is 30.1 Å². The maximum Gasteiger partial charge on any atom is 0.306 e. The molecular formula is C20H22ClNO5S. The normalized spacial score (nSPS) is 15.3. The molecule has 2 aromatic rings. The topological polar surface area (TPSA) is 72.9 Å². The molecule has 8 heteroatoms. The number of morpholine rings is 1. The van der Waals surface area contributed by atoms with Crippen molar-refractivity contribution in [3.05, 3.63) is 64.7 Å². The molecule has 0 N–H and O–H groups in total. The SMILES string of the molecule is O=C(CCc1ccc(S(=O)(=O)N2CCOCC2)cc1)OCc1ccccc1Cl. The van der Waals surface area contributed by atoms with Crippen LogP contribution in [0.1, 0.15) is 17.5 Å². The van der Waals surface area contributed by atoms with Gasteiger partial charge in [-0.15, -0.1) is 0 Å². The maximum atomic E-state index is 12.6. The molecule has 1 heterocycles. The number of aryl methyl sites for hydroxylation is 1. The van der Waals surface area contributed by atoms with Crippen LogP contribution in [0.5, 0.6) is 0 Å². The van der Waals surface area contributed by atoms with Crippen molar-refractivity contribution in [1.29, 1.82) is 0 Å². The predicted octanol–water partition coefficient (Wildman–Crippen LogP) is 3.04. The minimum absolute atomic E-state index is 0.134. The van der Waals surface area contributed by atoms with Crippen LogP contribution in [0.2, 0.25) is 5.02 Å². The van der Waals surface area contributed by atoms with Crippen LogP contribution in [0.4, 0.5) is 0 Å². The Morgan fingerprint density at radius 3 is 2.43 bits per heavy atom. The van der Waals surface area contributed by atoms with Gasteiger partial charge in [-0.1, -0.05) is 41.9 Å². The molecule has 1 fully saturated rings. The molecule has 2 aromatic carbocycles. The average Bonchev–Trinajstić information content (AvgIpc) is 2.72. The van der Waals surface area contributed by atoms with E-state index in [2.05, 4.69) is 0 Å². The Balaban J connectivity index is 1.51. The van der Waals surface area contributed by atoms with Crippen LogP contribution in [0.3, 0.4) is 0 Å². The largest absolute Gasteiger partial charge is 0.461 e. The summed E-state index contributed by atoms with van der Waals surface area (Å²) in [7, 11) is -3.50. The number of benzene rings is 2. The number of hydrogen-bond acceptors (Lipinski definition) is 5. The van der Waals surface area contributed by atoms with Crippen molar-refractivity contribution >= 4 is 27.6 Å². The molecule has 0 amide bonds. The van der Waals surface area contributed by atoms with Gasteiger partial charge in [0.05, 0.1) is 18.1 Å². The Labute approximate surface area is 170 Å². The van der Waals surface area contributed by atoms with Gasteiger partial charge in [0.15, 0.2) is 0 Å². The molecule has 0 spiro atoms. The van der Waals surface area contributed by atoms with Crippen molar-refractivity contribution in [2.45, 2.75) is 24.3 Å². The van der Waals surface area contributed by atoms with E-state index in [1.165, 1.54) is 4.31 Å². The summed E-state index contributed by atoms with van der Waals surface area (Å²) >= 11 is 6.04. The first-order valence-corrected chi connectivity index (χ1v) is 10.8. The molecular weight excluding hydrogens is 402 g/mol. The van der Waals surface area contributed by atoms with Crippen molar-refractivity contribution in [3.8, 4) is 0 Å². The van der Waals surface area contributed by atoms with Crippen LogP contribution in [0, 0.1) is 0 Å². The number of carbonyl (C=O) groups is 1. The van der Waals surface area contributed by atoms with Crippen molar-refractivity contribution in [1.82, 2.24) is 4.31 Å². The average molecular weight is 424 g/mol. The smallest absolute Gasteiger partial charge is 0.306 e. The lowest BCUT2D eigenvalue weighted by Gasteiger charge is -2.26. The molecule has 0 atom stereocenters. The Hall–Kier alpha value is -1.93. The number of esters is 1. The van der Waals surface area contributed by atoms with Crippen LogP contribution < -0.4 is 0 Å². The third kappa shape index (κ3) is 5.32. The van der Waals surface area contributed by atoms with Crippen molar-refractivity contribution in [2.24, 2.45) is 0 Å². The lowest BCUT2D eigenvalue weighted by molar-refractivity contribution is -0.144. The van der Waals surface area contributed by atoms with Gasteiger partial charge in [-0.05, 0) is 30.2 Å². The maximum absolute atomic E-state index is 12.6. The van der Waals surface area contributed by atoms with E-state index >= 15 is 0 Å². The molecule has 1 saturated heterocycles. The standard InChI is InChI=1S/C20H22ClNO5S/c21-19-4-2-1-3-17(19)15-27-20(23)10-7-16-5-8-18(9-6-16)28(24,25)22-11-13-26-14-12-22/h1-6,8-9H,7,10-15H2. The summed E-state index contributed by atoms with van der Waals surface area (Å²) in [5.74, 6) is -0.329. The summed E-state index contributed by atoms with van der Waals surface area (Å²) < 4.78 is 37.1. The Bertz CT molecular complexity index is 908. The fourth-order valence-electron chi connectivity index (χ4n) is 2.86. The number of rotatable bonds is 7. The molecule has 6 nitrogen and oxygen atoms in total. The first-order valence-electron chi connectivity index (χ1n) is 9.03. The number of carbonyl (C=O) groups excluding carboxylic acids is 1. The zero-order chi connectivity index (χ0) is 20.0. The summed E-state index contributed by atoms with van der Waals surface area (Å²) in [6, 6.07) is 13.8. The molecule has 0 bridgehead atoms. The highest BCUT2D eigenvalue weighted by molar-refractivity contribution is 7.89. The molecule has 0 radical (unpaired) electrons. The third-order valence-electron chi connectivity index (χ3n) is 4.50. The summed E-state index contributed by atoms with van der Waals surface area (Å²) in [6.07, 6.45) is 0.680. The monoisotopic (exact) mass is 423 g/mol. The molecule has 0 aromatic heterocycles. The Morgan fingerprint density at radius 1 is 1.07 bits per heavy atom. The first kappa shape index (κ1) is 20.8. The molecule has 0 unspecified atom stereocenters. The van der Waals surface area contributed by atoms with Crippen LogP contribution in [-0.2, 0) is 37.3 Å². The van der Waals surface area contributed by atoms with Gasteiger partial charge >= 0.3 is 5.97 Å². The lowest BCUT2D eigenvalue weighted by Crippen LogP contribution is -2.40. The molecule has 3 rings (SSSR count). The molecule has 0 aliphatic carbocycles. The fourth-order valence-corrected chi connectivity index (χ4v) is 4.45. The molecule has 0 saturated carbocycles. The van der Waals surface area contributed by atoms with E-state index in [9.17, 15) is 13.2 Å². The van der Waals surface area contributed by atoms with E-state index in [1.807, 2.05) is 18.2 Å². The molecule has 28 heavy (non-hydrogen) atoms. The Morgan fingerprint density at radius 2 is 1.75 bits per heavy atom. The second-order valence-corrected chi connectivity index (χ2v) is 8.76. The summed E-state index contributed by atoms with van der Waals surface area (Å²) in [6.45, 7) is 1.68. The van der Waals surface area contributed by atoms with Crippen molar-refractivity contribution in [2.75, 3.05) is 26.3 Å². The zero-order valence-electron chi connectivity index (χ0n) is 15.3. The number of sulfonamides is 1. The Kier molecular flexibility index (Phi) is 7.07. The highest BCUT2D eigenvalue weighted by Gasteiger charge is 2.26. The predicted molar refractivity (Wildman–Crippen MR) is 106 cm³/mol. The number of nitrogens with zero attached hydrogens (tertiary/aromatic N) is 1. The van der Waals surface area contributed by atoms with Gasteiger partial charge in [0.2, 0.25) is 10.0 Å². The lowest BCUT2D eigenvalue weighted by atomic mass is 10.1. The van der Waals surface area contributed by atoms with Crippen LogP contribution >= 0.6 is 11.6 Å². The second kappa shape index (κ2) is 9.52. The highest BCUT2D eigenvalue weighted by Crippen LogP contribution is 2.19. The van der Waals surface area contributed by atoms with Gasteiger partial charge in [0.25, 0.3) is 0 Å². The quantitative estimate of drug-likeness (QED) is 0.640. The van der Waals surface area contributed by atoms with E-state index in [0.29, 0.717) is 37.7 Å². The minimum atomic E-state index is -3.50. The summed E-state index contributed by atoms with van der Waals surface area (Å²) in [4.78, 5) is 12.2. The van der Waals surface area contributed by atoms with E-state index < -0.39 is 10.0 Å². The van der Waals surface area contributed by atoms with Gasteiger partial charge in [0.1, 0.15) is 6.61 Å². The van der Waals surface area contributed by atoms with Gasteiger partial charge in [-0.3, -0.25) is 4.79 Å². The second-order valence-electron chi connectivity index (χ2n) is 6.41. The number of ether oxygens (including phenoxy) is 2. The van der Waals surface area contributed by atoms with E-state index in [-0.39, 0.29) is 23.9 Å². The highest BCUT2D eigenvalue weighted by atomic mass is 35.5. The fraction of sp³-hybridized carbons (Fsp3) is 0.350. The van der Waals surface area contributed by atoms with E-state index in [1.54, 1.807) is 30.3 Å². The molecule has 150 valence electrons. The van der Waals surface area contributed by atoms with Crippen LogP contribution in [0.15, 0.2) is 53.4 Å². The minimum Gasteiger partial charge on any atom is -0.461 e. The van der Waals surface area contributed by atoms with Crippen LogP contribution in [0.25, 0.3) is 0 Å². The number of halogens is 1. The molecule has 1 aliphatic rings. The first-order chi connectivity index (χ1) is 13.5. The van der Waals surface area contributed by atoms with E-state index in [4.69, 9.17) is 21.1 Å². The number of hydrogen-bond donors (Lipinski definition) is 0. The van der Waals surface area contributed by atoms with Gasteiger partial charge in [-0.2, -0.15) is 4.31 Å². The van der Waals surface area contributed by atoms with Crippen molar-refractivity contribution < 1.29 is 22.7 Å².